The van der Waals surface area contributed by atoms with E-state index in [1.165, 1.54) is 0 Å². The van der Waals surface area contributed by atoms with Crippen molar-refractivity contribution in [1.29, 1.82) is 0 Å². The number of carbonyl (C=O) groups is 1. The van der Waals surface area contributed by atoms with Crippen LogP contribution in [0.25, 0.3) is 0 Å². The first-order valence-corrected chi connectivity index (χ1v) is 5.82. The van der Waals surface area contributed by atoms with Crippen LogP contribution in [0.3, 0.4) is 0 Å². The maximum Gasteiger partial charge on any atom is 0.254 e. The van der Waals surface area contributed by atoms with Gasteiger partial charge in [0.05, 0.1) is 17.3 Å². The van der Waals surface area contributed by atoms with Crippen molar-refractivity contribution in [3.63, 3.8) is 0 Å². The van der Waals surface area contributed by atoms with Gasteiger partial charge in [-0.25, -0.2) is 0 Å². The van der Waals surface area contributed by atoms with Crippen LogP contribution in [0.4, 0.5) is 5.69 Å². The summed E-state index contributed by atoms with van der Waals surface area (Å²) in [4.78, 5) is 13.7. The van der Waals surface area contributed by atoms with Gasteiger partial charge < -0.3 is 15.7 Å². The molecule has 0 aliphatic carbocycles. The van der Waals surface area contributed by atoms with Gasteiger partial charge in [0.2, 0.25) is 0 Å². The highest BCUT2D eigenvalue weighted by atomic mass is 35.5. The molecule has 1 aromatic carbocycles. The van der Waals surface area contributed by atoms with Crippen molar-refractivity contribution < 1.29 is 9.90 Å². The lowest BCUT2D eigenvalue weighted by Gasteiger charge is -2.26. The first-order valence-electron chi connectivity index (χ1n) is 5.44. The second-order valence-electron chi connectivity index (χ2n) is 4.05. The van der Waals surface area contributed by atoms with Crippen LogP contribution in [-0.4, -0.2) is 35.1 Å². The highest BCUT2D eigenvalue weighted by Crippen LogP contribution is 2.20. The molecule has 0 aromatic heterocycles. The van der Waals surface area contributed by atoms with Gasteiger partial charge in [0.15, 0.2) is 0 Å². The predicted octanol–water partition coefficient (Wildman–Crippen LogP) is 1.77. The molecule has 1 aromatic rings. The summed E-state index contributed by atoms with van der Waals surface area (Å²) in [5.41, 5.74) is 6.52. The summed E-state index contributed by atoms with van der Waals surface area (Å²) >= 11 is 5.80. The molecule has 94 valence electrons. The molecule has 17 heavy (non-hydrogen) atoms. The van der Waals surface area contributed by atoms with Crippen LogP contribution in [0, 0.1) is 0 Å². The molecule has 0 fully saturated rings. The average molecular weight is 257 g/mol. The summed E-state index contributed by atoms with van der Waals surface area (Å²) in [6, 6.07) is 4.80. The van der Waals surface area contributed by atoms with Crippen molar-refractivity contribution in [3.8, 4) is 0 Å². The second kappa shape index (κ2) is 5.89. The first-order chi connectivity index (χ1) is 7.97. The number of aliphatic hydroxyl groups excluding tert-OH is 1. The van der Waals surface area contributed by atoms with Gasteiger partial charge in [0, 0.05) is 18.2 Å². The number of nitrogen functional groups attached to an aromatic ring is 1. The summed E-state index contributed by atoms with van der Waals surface area (Å²) in [5.74, 6) is -0.155. The molecule has 0 aliphatic heterocycles. The van der Waals surface area contributed by atoms with Crippen molar-refractivity contribution in [1.82, 2.24) is 4.90 Å². The zero-order chi connectivity index (χ0) is 13.0. The Kier molecular flexibility index (Phi) is 4.78. The number of nitrogens with zero attached hydrogens (tertiary/aromatic N) is 1. The van der Waals surface area contributed by atoms with Crippen LogP contribution in [0.1, 0.15) is 24.2 Å². The number of halogens is 1. The highest BCUT2D eigenvalue weighted by molar-refractivity contribution is 6.33. The third-order valence-electron chi connectivity index (χ3n) is 2.47. The Morgan fingerprint density at radius 2 is 2.18 bits per heavy atom. The number of carbonyl (C=O) groups excluding carboxylic acids is 1. The maximum atomic E-state index is 12.2. The van der Waals surface area contributed by atoms with E-state index < -0.39 is 0 Å². The zero-order valence-corrected chi connectivity index (χ0v) is 10.7. The molecular weight excluding hydrogens is 240 g/mol. The Morgan fingerprint density at radius 1 is 1.53 bits per heavy atom. The van der Waals surface area contributed by atoms with Crippen LogP contribution >= 0.6 is 11.6 Å². The first kappa shape index (κ1) is 13.8. The fraction of sp³-hybridized carbons (Fsp3) is 0.417. The van der Waals surface area contributed by atoms with E-state index in [0.29, 0.717) is 22.8 Å². The number of benzene rings is 1. The van der Waals surface area contributed by atoms with E-state index in [9.17, 15) is 4.79 Å². The molecule has 0 heterocycles. The Balaban J connectivity index is 2.97. The van der Waals surface area contributed by atoms with Crippen LogP contribution in [-0.2, 0) is 0 Å². The molecular formula is C12H17ClN2O2. The topological polar surface area (TPSA) is 66.6 Å². The molecule has 0 aliphatic rings. The normalized spacial score (nSPS) is 10.6. The van der Waals surface area contributed by atoms with E-state index in [1.54, 1.807) is 23.1 Å². The van der Waals surface area contributed by atoms with E-state index in [-0.39, 0.29) is 18.6 Å². The van der Waals surface area contributed by atoms with Gasteiger partial charge >= 0.3 is 0 Å². The lowest BCUT2D eigenvalue weighted by molar-refractivity contribution is 0.0665. The molecule has 4 nitrogen and oxygen atoms in total. The predicted molar refractivity (Wildman–Crippen MR) is 69.1 cm³/mol. The van der Waals surface area contributed by atoms with Crippen molar-refractivity contribution in [2.45, 2.75) is 19.9 Å². The summed E-state index contributed by atoms with van der Waals surface area (Å²) in [6.07, 6.45) is 0. The minimum absolute atomic E-state index is 0.0200. The van der Waals surface area contributed by atoms with E-state index >= 15 is 0 Å². The SMILES string of the molecule is CC(C)N(CCO)C(=O)c1ccc(Cl)c(N)c1. The summed E-state index contributed by atoms with van der Waals surface area (Å²) < 4.78 is 0. The van der Waals surface area contributed by atoms with Crippen molar-refractivity contribution in [2.75, 3.05) is 18.9 Å². The van der Waals surface area contributed by atoms with E-state index in [1.807, 2.05) is 13.8 Å². The molecule has 0 unspecified atom stereocenters. The van der Waals surface area contributed by atoms with Crippen molar-refractivity contribution in [3.05, 3.63) is 28.8 Å². The highest BCUT2D eigenvalue weighted by Gasteiger charge is 2.18. The molecule has 1 rings (SSSR count). The van der Waals surface area contributed by atoms with E-state index in [2.05, 4.69) is 0 Å². The van der Waals surface area contributed by atoms with Crippen LogP contribution in [0.2, 0.25) is 5.02 Å². The number of anilines is 1. The Morgan fingerprint density at radius 3 is 2.65 bits per heavy atom. The number of nitrogens with two attached hydrogens (primary N) is 1. The monoisotopic (exact) mass is 256 g/mol. The van der Waals surface area contributed by atoms with Crippen molar-refractivity contribution >= 4 is 23.2 Å². The molecule has 0 bridgehead atoms. The molecule has 3 N–H and O–H groups in total. The second-order valence-corrected chi connectivity index (χ2v) is 4.46. The van der Waals surface area contributed by atoms with Gasteiger partial charge in [-0.2, -0.15) is 0 Å². The number of aliphatic hydroxyl groups is 1. The maximum absolute atomic E-state index is 12.2. The largest absolute Gasteiger partial charge is 0.398 e. The van der Waals surface area contributed by atoms with Gasteiger partial charge in [-0.15, -0.1) is 0 Å². The average Bonchev–Trinajstić information content (AvgIpc) is 2.28. The van der Waals surface area contributed by atoms with Gasteiger partial charge in [0.1, 0.15) is 0 Å². The van der Waals surface area contributed by atoms with Crippen LogP contribution in [0.5, 0.6) is 0 Å². The molecule has 5 heteroatoms. The lowest BCUT2D eigenvalue weighted by atomic mass is 10.1. The van der Waals surface area contributed by atoms with Crippen LogP contribution in [0.15, 0.2) is 18.2 Å². The third-order valence-corrected chi connectivity index (χ3v) is 2.81. The Bertz CT molecular complexity index is 407. The van der Waals surface area contributed by atoms with Gasteiger partial charge in [0.25, 0.3) is 5.91 Å². The van der Waals surface area contributed by atoms with E-state index in [0.717, 1.165) is 0 Å². The Labute approximate surface area is 106 Å². The van der Waals surface area contributed by atoms with Crippen LogP contribution < -0.4 is 5.73 Å². The molecule has 0 saturated carbocycles. The van der Waals surface area contributed by atoms with E-state index in [4.69, 9.17) is 22.4 Å². The molecule has 0 atom stereocenters. The smallest absolute Gasteiger partial charge is 0.254 e. The van der Waals surface area contributed by atoms with Gasteiger partial charge in [-0.05, 0) is 32.0 Å². The summed E-state index contributed by atoms with van der Waals surface area (Å²) in [7, 11) is 0. The minimum atomic E-state index is -0.155. The summed E-state index contributed by atoms with van der Waals surface area (Å²) in [6.45, 7) is 4.03. The molecule has 0 radical (unpaired) electrons. The number of hydrogen-bond donors (Lipinski definition) is 2. The molecule has 0 saturated heterocycles. The zero-order valence-electron chi connectivity index (χ0n) is 9.98. The third kappa shape index (κ3) is 3.35. The number of rotatable bonds is 4. The molecule has 0 spiro atoms. The van der Waals surface area contributed by atoms with Crippen molar-refractivity contribution in [2.24, 2.45) is 0 Å². The quantitative estimate of drug-likeness (QED) is 0.807. The summed E-state index contributed by atoms with van der Waals surface area (Å²) in [5, 5.41) is 9.37. The van der Waals surface area contributed by atoms with Gasteiger partial charge in [-0.3, -0.25) is 4.79 Å². The molecule has 1 amide bonds. The Hall–Kier alpha value is -1.26. The minimum Gasteiger partial charge on any atom is -0.398 e. The number of hydrogen-bond acceptors (Lipinski definition) is 3. The standard InChI is InChI=1S/C12H17ClN2O2/c1-8(2)15(5-6-16)12(17)9-3-4-10(13)11(14)7-9/h3-4,7-8,16H,5-6,14H2,1-2H3. The lowest BCUT2D eigenvalue weighted by Crippen LogP contribution is -2.39. The van der Waals surface area contributed by atoms with Gasteiger partial charge in [-0.1, -0.05) is 11.6 Å². The number of amides is 1. The fourth-order valence-electron chi connectivity index (χ4n) is 1.54. The fourth-order valence-corrected chi connectivity index (χ4v) is 1.66.